The summed E-state index contributed by atoms with van der Waals surface area (Å²) in [7, 11) is 0. The number of rotatable bonds is 1. The molecule has 3 aliphatic rings. The number of carbonyl (C=O) groups is 1. The normalized spacial score (nSPS) is 20.4. The highest BCUT2D eigenvalue weighted by atomic mass is 16.4. The van der Waals surface area contributed by atoms with Crippen LogP contribution in [0.1, 0.15) is 6.42 Å². The molecule has 0 unspecified atom stereocenters. The summed E-state index contributed by atoms with van der Waals surface area (Å²) >= 11 is 0. The fourth-order valence-electron chi connectivity index (χ4n) is 2.30. The summed E-state index contributed by atoms with van der Waals surface area (Å²) in [6, 6.07) is 0. The maximum atomic E-state index is 11.0. The first-order chi connectivity index (χ1) is 7.75. The van der Waals surface area contributed by atoms with Crippen LogP contribution in [-0.4, -0.2) is 28.0 Å². The lowest BCUT2D eigenvalue weighted by molar-refractivity contribution is -0.132. The summed E-state index contributed by atoms with van der Waals surface area (Å²) < 4.78 is 0. The minimum Gasteiger partial charge on any atom is -0.478 e. The molecule has 88 valence electrons. The maximum absolute atomic E-state index is 11.0. The smallest absolute Gasteiger partial charge is 0.337 e. The van der Waals surface area contributed by atoms with Crippen molar-refractivity contribution < 1.29 is 15.4 Å². The van der Waals surface area contributed by atoms with Crippen LogP contribution in [0.5, 0.6) is 0 Å². The van der Waals surface area contributed by atoms with Crippen molar-refractivity contribution in [2.45, 2.75) is 6.42 Å². The van der Waals surface area contributed by atoms with Crippen molar-refractivity contribution in [3.05, 3.63) is 59.0 Å². The second kappa shape index (κ2) is 4.07. The maximum Gasteiger partial charge on any atom is 0.337 e. The monoisotopic (exact) mass is 231 g/mol. The highest BCUT2D eigenvalue weighted by Gasteiger charge is 2.25. The fourth-order valence-corrected chi connectivity index (χ4v) is 2.30. The van der Waals surface area contributed by atoms with Crippen molar-refractivity contribution in [3.63, 3.8) is 0 Å². The van der Waals surface area contributed by atoms with E-state index >= 15 is 0 Å². The Morgan fingerprint density at radius 1 is 1.29 bits per heavy atom. The van der Waals surface area contributed by atoms with E-state index in [1.54, 1.807) is 12.3 Å². The third-order valence-corrected chi connectivity index (χ3v) is 2.97. The van der Waals surface area contributed by atoms with Gasteiger partial charge in [-0.1, -0.05) is 24.3 Å². The number of nitrogens with zero attached hydrogens (tertiary/aromatic N) is 1. The van der Waals surface area contributed by atoms with Crippen molar-refractivity contribution in [3.8, 4) is 0 Å². The zero-order valence-corrected chi connectivity index (χ0v) is 9.18. The summed E-state index contributed by atoms with van der Waals surface area (Å²) in [5.74, 6) is -0.864. The molecule has 2 aliphatic heterocycles. The summed E-state index contributed by atoms with van der Waals surface area (Å²) in [6.45, 7) is 0.751. The molecule has 3 rings (SSSR count). The van der Waals surface area contributed by atoms with Gasteiger partial charge in [-0.2, -0.15) is 0 Å². The number of hydrogen-bond donors (Lipinski definition) is 1. The Morgan fingerprint density at radius 2 is 2.06 bits per heavy atom. The largest absolute Gasteiger partial charge is 0.478 e. The van der Waals surface area contributed by atoms with Crippen molar-refractivity contribution in [2.75, 3.05) is 6.54 Å². The molecular weight excluding hydrogens is 218 g/mol. The van der Waals surface area contributed by atoms with E-state index in [0.29, 0.717) is 5.57 Å². The molecule has 0 saturated carbocycles. The molecule has 4 nitrogen and oxygen atoms in total. The van der Waals surface area contributed by atoms with Crippen LogP contribution < -0.4 is 0 Å². The van der Waals surface area contributed by atoms with Gasteiger partial charge in [-0.25, -0.2) is 4.79 Å². The number of carboxylic acid groups (broad SMARTS) is 1. The van der Waals surface area contributed by atoms with Crippen LogP contribution in [0, 0.1) is 0 Å². The predicted octanol–water partition coefficient (Wildman–Crippen LogP) is 1.16. The van der Waals surface area contributed by atoms with Gasteiger partial charge in [0.25, 0.3) is 0 Å². The number of aliphatic carboxylic acids is 1. The molecule has 0 aromatic rings. The van der Waals surface area contributed by atoms with E-state index in [9.17, 15) is 4.79 Å². The molecular formula is C13H13NO3. The predicted molar refractivity (Wildman–Crippen MR) is 64.0 cm³/mol. The molecule has 0 radical (unpaired) electrons. The average Bonchev–Trinajstić information content (AvgIpc) is 2.29. The summed E-state index contributed by atoms with van der Waals surface area (Å²) in [4.78, 5) is 13.0. The van der Waals surface area contributed by atoms with E-state index in [-0.39, 0.29) is 5.48 Å². The summed E-state index contributed by atoms with van der Waals surface area (Å²) in [6.07, 6.45) is 12.6. The van der Waals surface area contributed by atoms with Crippen molar-refractivity contribution in [1.82, 2.24) is 4.90 Å². The van der Waals surface area contributed by atoms with Gasteiger partial charge in [0.1, 0.15) is 0 Å². The zero-order valence-electron chi connectivity index (χ0n) is 9.18. The van der Waals surface area contributed by atoms with Crippen molar-refractivity contribution >= 4 is 5.97 Å². The second-order valence-electron chi connectivity index (χ2n) is 4.02. The molecule has 0 saturated heterocycles. The van der Waals surface area contributed by atoms with Crippen LogP contribution in [0.4, 0.5) is 0 Å². The minimum atomic E-state index is -0.864. The SMILES string of the molecule is O.O=C(O)C1=CN2CC=CC3=C2C(=C1)CC=C3. The van der Waals surface area contributed by atoms with Crippen LogP contribution >= 0.6 is 0 Å². The number of allylic oxidation sites excluding steroid dienone is 5. The van der Waals surface area contributed by atoms with E-state index in [1.807, 2.05) is 11.0 Å². The zero-order chi connectivity index (χ0) is 11.1. The number of carboxylic acids is 1. The molecule has 0 amide bonds. The Bertz CT molecular complexity index is 517. The average molecular weight is 231 g/mol. The van der Waals surface area contributed by atoms with Gasteiger partial charge in [-0.15, -0.1) is 0 Å². The van der Waals surface area contributed by atoms with Gasteiger partial charge >= 0.3 is 5.97 Å². The van der Waals surface area contributed by atoms with Gasteiger partial charge in [-0.05, 0) is 23.6 Å². The molecule has 17 heavy (non-hydrogen) atoms. The molecule has 4 heteroatoms. The quantitative estimate of drug-likeness (QED) is 0.736. The topological polar surface area (TPSA) is 72.0 Å². The van der Waals surface area contributed by atoms with Gasteiger partial charge in [0.15, 0.2) is 0 Å². The van der Waals surface area contributed by atoms with E-state index in [1.165, 1.54) is 5.57 Å². The first kappa shape index (κ1) is 11.4. The standard InChI is InChI=1S/C13H11NO2.H2O/c15-13(16)11-7-10-4-1-3-9-5-2-6-14(8-11)12(9)10;/h1-3,5,7-8H,4,6H2,(H,15,16);1H2. The lowest BCUT2D eigenvalue weighted by Crippen LogP contribution is -2.27. The van der Waals surface area contributed by atoms with Gasteiger partial charge in [0.2, 0.25) is 0 Å². The second-order valence-corrected chi connectivity index (χ2v) is 4.02. The molecule has 0 fully saturated rings. The fraction of sp³-hybridized carbons (Fsp3) is 0.154. The highest BCUT2D eigenvalue weighted by Crippen LogP contribution is 2.35. The van der Waals surface area contributed by atoms with Gasteiger partial charge in [0.05, 0.1) is 11.3 Å². The Balaban J connectivity index is 0.00000108. The van der Waals surface area contributed by atoms with E-state index in [4.69, 9.17) is 5.11 Å². The third-order valence-electron chi connectivity index (χ3n) is 2.97. The molecule has 3 N–H and O–H groups in total. The Morgan fingerprint density at radius 3 is 2.82 bits per heavy atom. The molecule has 0 bridgehead atoms. The lowest BCUT2D eigenvalue weighted by Gasteiger charge is -2.33. The van der Waals surface area contributed by atoms with Crippen LogP contribution in [0.2, 0.25) is 0 Å². The molecule has 1 aliphatic carbocycles. The molecule has 0 aromatic carbocycles. The van der Waals surface area contributed by atoms with Gasteiger partial charge in [-0.3, -0.25) is 0 Å². The molecule has 0 aromatic heterocycles. The number of hydrogen-bond acceptors (Lipinski definition) is 2. The van der Waals surface area contributed by atoms with Crippen LogP contribution in [0.15, 0.2) is 59.0 Å². The molecule has 2 heterocycles. The Labute approximate surface area is 98.8 Å². The van der Waals surface area contributed by atoms with Gasteiger partial charge in [0, 0.05) is 12.7 Å². The van der Waals surface area contributed by atoms with E-state index in [0.717, 1.165) is 24.2 Å². The first-order valence-electron chi connectivity index (χ1n) is 5.26. The van der Waals surface area contributed by atoms with Crippen LogP contribution in [0.25, 0.3) is 0 Å². The highest BCUT2D eigenvalue weighted by molar-refractivity contribution is 5.91. The lowest BCUT2D eigenvalue weighted by atomic mass is 9.91. The molecule has 0 atom stereocenters. The third kappa shape index (κ3) is 1.72. The van der Waals surface area contributed by atoms with Crippen LogP contribution in [-0.2, 0) is 4.79 Å². The summed E-state index contributed by atoms with van der Waals surface area (Å²) in [5.41, 5.74) is 3.80. The van der Waals surface area contributed by atoms with Crippen molar-refractivity contribution in [2.24, 2.45) is 0 Å². The van der Waals surface area contributed by atoms with Crippen LogP contribution in [0.3, 0.4) is 0 Å². The Kier molecular flexibility index (Phi) is 2.73. The Hall–Kier alpha value is -2.07. The minimum absolute atomic E-state index is 0. The van der Waals surface area contributed by atoms with Gasteiger partial charge < -0.3 is 15.5 Å². The van der Waals surface area contributed by atoms with Crippen molar-refractivity contribution in [1.29, 1.82) is 0 Å². The van der Waals surface area contributed by atoms with E-state index < -0.39 is 5.97 Å². The summed E-state index contributed by atoms with van der Waals surface area (Å²) in [5, 5.41) is 9.03. The van der Waals surface area contributed by atoms with E-state index in [2.05, 4.69) is 18.2 Å². The molecule has 0 spiro atoms. The first-order valence-corrected chi connectivity index (χ1v) is 5.26.